The normalized spacial score (nSPS) is 25.6. The van der Waals surface area contributed by atoms with Gasteiger partial charge >= 0.3 is 0 Å². The molecule has 2 aromatic carbocycles. The van der Waals surface area contributed by atoms with Crippen LogP contribution in [0.5, 0.6) is 11.5 Å². The number of aromatic hydroxyl groups is 1. The Hall–Kier alpha value is -2.34. The fourth-order valence-corrected chi connectivity index (χ4v) is 4.17. The summed E-state index contributed by atoms with van der Waals surface area (Å²) in [5, 5.41) is 9.70. The summed E-state index contributed by atoms with van der Waals surface area (Å²) in [7, 11) is 1.57. The quantitative estimate of drug-likeness (QED) is 0.761. The van der Waals surface area contributed by atoms with E-state index in [1.54, 1.807) is 13.2 Å². The van der Waals surface area contributed by atoms with Gasteiger partial charge in [-0.25, -0.2) is 5.43 Å². The predicted molar refractivity (Wildman–Crippen MR) is 107 cm³/mol. The summed E-state index contributed by atoms with van der Waals surface area (Å²) in [6.07, 6.45) is 5.44. The topological polar surface area (TPSA) is 56.8 Å². The third-order valence-corrected chi connectivity index (χ3v) is 5.63. The van der Waals surface area contributed by atoms with E-state index in [1.807, 2.05) is 12.1 Å². The maximum absolute atomic E-state index is 9.70. The zero-order chi connectivity index (χ0) is 18.6. The van der Waals surface area contributed by atoms with Crippen molar-refractivity contribution in [2.75, 3.05) is 26.7 Å². The highest BCUT2D eigenvalue weighted by atomic mass is 16.5. The first-order valence-corrected chi connectivity index (χ1v) is 9.56. The lowest BCUT2D eigenvalue weighted by Gasteiger charge is -2.35. The molecular weight excluding hydrogens is 338 g/mol. The second-order valence-electron chi connectivity index (χ2n) is 7.33. The molecule has 2 heterocycles. The van der Waals surface area contributed by atoms with Crippen LogP contribution in [0, 0.1) is 5.92 Å². The fraction of sp³-hybridized carbons (Fsp3) is 0.364. The lowest BCUT2D eigenvalue weighted by molar-refractivity contribution is 0.169. The van der Waals surface area contributed by atoms with Crippen molar-refractivity contribution >= 4 is 6.08 Å². The number of nitrogens with zero attached hydrogens (tertiary/aromatic N) is 1. The summed E-state index contributed by atoms with van der Waals surface area (Å²) in [5.74, 6) is 1.25. The standard InChI is InChI=1S/C22H27N3O2/c1-27-21-14-16(9-10-20(21)26)6-5-12-25-13-11-19-18(15-25)22(24-23-19)17-7-3-2-4-8-17/h2-10,14,18-19,22-24,26H,11-13,15H2,1H3/b6-5+. The first-order valence-electron chi connectivity index (χ1n) is 9.56. The van der Waals surface area contributed by atoms with Gasteiger partial charge in [0, 0.05) is 31.6 Å². The van der Waals surface area contributed by atoms with E-state index in [0.717, 1.165) is 31.6 Å². The molecule has 0 amide bonds. The number of phenols is 1. The lowest BCUT2D eigenvalue weighted by atomic mass is 9.85. The molecule has 0 aromatic heterocycles. The molecule has 2 aliphatic rings. The minimum Gasteiger partial charge on any atom is -0.504 e. The van der Waals surface area contributed by atoms with Gasteiger partial charge in [0.05, 0.1) is 13.2 Å². The van der Waals surface area contributed by atoms with Gasteiger partial charge in [0.15, 0.2) is 11.5 Å². The van der Waals surface area contributed by atoms with E-state index >= 15 is 0 Å². The van der Waals surface area contributed by atoms with Gasteiger partial charge in [-0.1, -0.05) is 48.6 Å². The minimum atomic E-state index is 0.171. The van der Waals surface area contributed by atoms with Crippen molar-refractivity contribution in [1.82, 2.24) is 15.8 Å². The molecule has 3 N–H and O–H groups in total. The number of phenolic OH excluding ortho intramolecular Hbond substituents is 1. The summed E-state index contributed by atoms with van der Waals surface area (Å²) < 4.78 is 5.17. The van der Waals surface area contributed by atoms with E-state index in [0.29, 0.717) is 23.8 Å². The van der Waals surface area contributed by atoms with Crippen molar-refractivity contribution in [3.05, 3.63) is 65.7 Å². The molecule has 2 fully saturated rings. The molecule has 2 saturated heterocycles. The largest absolute Gasteiger partial charge is 0.504 e. The third kappa shape index (κ3) is 4.00. The Morgan fingerprint density at radius 2 is 2.04 bits per heavy atom. The smallest absolute Gasteiger partial charge is 0.161 e. The zero-order valence-corrected chi connectivity index (χ0v) is 15.6. The number of piperidine rings is 1. The fourth-order valence-electron chi connectivity index (χ4n) is 4.17. The molecule has 2 aromatic rings. The second-order valence-corrected chi connectivity index (χ2v) is 7.33. The molecule has 0 saturated carbocycles. The average Bonchev–Trinajstić information content (AvgIpc) is 3.13. The number of hydrazine groups is 1. The van der Waals surface area contributed by atoms with Gasteiger partial charge in [0.2, 0.25) is 0 Å². The molecule has 4 rings (SSSR count). The molecule has 0 aliphatic carbocycles. The molecule has 142 valence electrons. The van der Waals surface area contributed by atoms with Crippen molar-refractivity contribution in [2.45, 2.75) is 18.5 Å². The third-order valence-electron chi connectivity index (χ3n) is 5.63. The maximum Gasteiger partial charge on any atom is 0.161 e. The number of hydrogen-bond donors (Lipinski definition) is 3. The number of nitrogens with one attached hydrogen (secondary N) is 2. The predicted octanol–water partition coefficient (Wildman–Crippen LogP) is 2.95. The van der Waals surface area contributed by atoms with Crippen LogP contribution >= 0.6 is 0 Å². The van der Waals surface area contributed by atoms with Crippen LogP contribution in [0.15, 0.2) is 54.6 Å². The summed E-state index contributed by atoms with van der Waals surface area (Å²) in [4.78, 5) is 2.51. The van der Waals surface area contributed by atoms with Crippen LogP contribution in [-0.4, -0.2) is 42.8 Å². The summed E-state index contributed by atoms with van der Waals surface area (Å²) in [5.41, 5.74) is 9.38. The van der Waals surface area contributed by atoms with E-state index in [-0.39, 0.29) is 5.75 Å². The molecule has 2 aliphatic heterocycles. The number of likely N-dealkylation sites (tertiary alicyclic amines) is 1. The van der Waals surface area contributed by atoms with Crippen LogP contribution in [0.3, 0.4) is 0 Å². The van der Waals surface area contributed by atoms with E-state index in [1.165, 1.54) is 5.56 Å². The van der Waals surface area contributed by atoms with Crippen molar-refractivity contribution in [1.29, 1.82) is 0 Å². The van der Waals surface area contributed by atoms with Gasteiger partial charge < -0.3 is 9.84 Å². The maximum atomic E-state index is 9.70. The molecule has 3 unspecified atom stereocenters. The highest BCUT2D eigenvalue weighted by Crippen LogP contribution is 2.33. The van der Waals surface area contributed by atoms with Crippen molar-refractivity contribution in [3.8, 4) is 11.5 Å². The van der Waals surface area contributed by atoms with Gasteiger partial charge in [-0.15, -0.1) is 0 Å². The highest BCUT2D eigenvalue weighted by Gasteiger charge is 2.39. The molecule has 0 radical (unpaired) electrons. The highest BCUT2D eigenvalue weighted by molar-refractivity contribution is 5.55. The number of benzene rings is 2. The summed E-state index contributed by atoms with van der Waals surface area (Å²) in [6.45, 7) is 3.10. The van der Waals surface area contributed by atoms with Crippen molar-refractivity contribution in [2.24, 2.45) is 5.92 Å². The summed E-state index contributed by atoms with van der Waals surface area (Å²) >= 11 is 0. The van der Waals surface area contributed by atoms with Crippen LogP contribution < -0.4 is 15.6 Å². The van der Waals surface area contributed by atoms with Gasteiger partial charge in [0.1, 0.15) is 0 Å². The average molecular weight is 365 g/mol. The van der Waals surface area contributed by atoms with E-state index in [2.05, 4.69) is 58.2 Å². The van der Waals surface area contributed by atoms with Gasteiger partial charge in [-0.05, 0) is 29.7 Å². The Morgan fingerprint density at radius 3 is 2.85 bits per heavy atom. The molecule has 0 bridgehead atoms. The Morgan fingerprint density at radius 1 is 1.19 bits per heavy atom. The lowest BCUT2D eigenvalue weighted by Crippen LogP contribution is -2.45. The van der Waals surface area contributed by atoms with Crippen LogP contribution in [0.1, 0.15) is 23.6 Å². The molecule has 0 spiro atoms. The Bertz CT molecular complexity index is 793. The number of hydrogen-bond acceptors (Lipinski definition) is 5. The Labute approximate surface area is 160 Å². The van der Waals surface area contributed by atoms with Crippen LogP contribution in [0.25, 0.3) is 6.08 Å². The Kier molecular flexibility index (Phi) is 5.43. The van der Waals surface area contributed by atoms with Crippen molar-refractivity contribution < 1.29 is 9.84 Å². The first kappa shape index (κ1) is 18.0. The SMILES string of the molecule is COc1cc(/C=C/CN2CCC3NNC(c4ccccc4)C3C2)ccc1O. The molecule has 3 atom stereocenters. The zero-order valence-electron chi connectivity index (χ0n) is 15.6. The number of ether oxygens (including phenoxy) is 1. The van der Waals surface area contributed by atoms with Gasteiger partial charge in [0.25, 0.3) is 0 Å². The van der Waals surface area contributed by atoms with Gasteiger partial charge in [-0.2, -0.15) is 0 Å². The summed E-state index contributed by atoms with van der Waals surface area (Å²) in [6, 6.07) is 17.0. The van der Waals surface area contributed by atoms with E-state index in [4.69, 9.17) is 4.74 Å². The Balaban J connectivity index is 1.38. The molecule has 5 nitrogen and oxygen atoms in total. The molecule has 27 heavy (non-hydrogen) atoms. The monoisotopic (exact) mass is 365 g/mol. The first-order chi connectivity index (χ1) is 13.2. The van der Waals surface area contributed by atoms with Crippen LogP contribution in [-0.2, 0) is 0 Å². The van der Waals surface area contributed by atoms with Crippen molar-refractivity contribution in [3.63, 3.8) is 0 Å². The number of rotatable bonds is 5. The minimum absolute atomic E-state index is 0.171. The molecular formula is C22H27N3O2. The van der Waals surface area contributed by atoms with Crippen LogP contribution in [0.2, 0.25) is 0 Å². The van der Waals surface area contributed by atoms with E-state index in [9.17, 15) is 5.11 Å². The number of fused-ring (bicyclic) bond motifs is 1. The van der Waals surface area contributed by atoms with E-state index < -0.39 is 0 Å². The number of methoxy groups -OCH3 is 1. The van der Waals surface area contributed by atoms with Crippen LogP contribution in [0.4, 0.5) is 0 Å². The van der Waals surface area contributed by atoms with Gasteiger partial charge in [-0.3, -0.25) is 10.3 Å². The second kappa shape index (κ2) is 8.13. The molecule has 5 heteroatoms.